The van der Waals surface area contributed by atoms with Gasteiger partial charge in [-0.15, -0.1) is 6.58 Å². The summed E-state index contributed by atoms with van der Waals surface area (Å²) in [5.41, 5.74) is 0. The van der Waals surface area contributed by atoms with Gasteiger partial charge in [0.1, 0.15) is 12.2 Å². The third-order valence-electron chi connectivity index (χ3n) is 2.08. The number of nitrogens with one attached hydrogen (secondary N) is 1. The zero-order valence-corrected chi connectivity index (χ0v) is 10.8. The molecule has 1 N–H and O–H groups in total. The predicted octanol–water partition coefficient (Wildman–Crippen LogP) is 1.87. The quantitative estimate of drug-likeness (QED) is 0.556. The highest BCUT2D eigenvalue weighted by Gasteiger charge is 2.05. The topological polar surface area (TPSA) is 42.7 Å². The first-order chi connectivity index (χ1) is 7.75. The van der Waals surface area contributed by atoms with E-state index in [1.165, 1.54) is 0 Å². The Morgan fingerprint density at radius 1 is 1.62 bits per heavy atom. The van der Waals surface area contributed by atoms with E-state index < -0.39 is 0 Å². The van der Waals surface area contributed by atoms with Crippen molar-refractivity contribution in [2.75, 3.05) is 18.1 Å². The molecule has 1 heterocycles. The van der Waals surface area contributed by atoms with Crippen LogP contribution in [0, 0.1) is 0 Å². The molecule has 0 aromatic carbocycles. The summed E-state index contributed by atoms with van der Waals surface area (Å²) < 4.78 is 1.95. The molecule has 0 saturated heterocycles. The molecule has 0 saturated carbocycles. The number of hydrogen-bond acceptors (Lipinski definition) is 4. The SMILES string of the molecule is C=CCSCCNCc1ncnn1C(C)C. The molecule has 1 aromatic heterocycles. The summed E-state index contributed by atoms with van der Waals surface area (Å²) in [5, 5.41) is 7.55. The van der Waals surface area contributed by atoms with E-state index in [1.54, 1.807) is 6.33 Å². The second-order valence-electron chi connectivity index (χ2n) is 3.75. The van der Waals surface area contributed by atoms with Gasteiger partial charge in [0.2, 0.25) is 0 Å². The predicted molar refractivity (Wildman–Crippen MR) is 69.6 cm³/mol. The van der Waals surface area contributed by atoms with Crippen LogP contribution in [0.2, 0.25) is 0 Å². The normalized spacial score (nSPS) is 10.9. The van der Waals surface area contributed by atoms with E-state index in [9.17, 15) is 0 Å². The standard InChI is InChI=1S/C11H20N4S/c1-4-6-16-7-5-12-8-11-13-9-14-15(11)10(2)3/h4,9-10,12H,1,5-8H2,2-3H3. The van der Waals surface area contributed by atoms with Gasteiger partial charge in [-0.3, -0.25) is 0 Å². The molecular formula is C11H20N4S. The lowest BCUT2D eigenvalue weighted by molar-refractivity contribution is 0.493. The molecule has 0 aliphatic rings. The van der Waals surface area contributed by atoms with Gasteiger partial charge < -0.3 is 5.32 Å². The Bertz CT molecular complexity index is 309. The average Bonchev–Trinajstić information content (AvgIpc) is 2.71. The van der Waals surface area contributed by atoms with Gasteiger partial charge in [0, 0.05) is 24.1 Å². The molecule has 0 fully saturated rings. The second kappa shape index (κ2) is 7.46. The maximum Gasteiger partial charge on any atom is 0.141 e. The fourth-order valence-corrected chi connectivity index (χ4v) is 1.97. The molecule has 0 bridgehead atoms. The highest BCUT2D eigenvalue weighted by atomic mass is 32.2. The Morgan fingerprint density at radius 3 is 3.12 bits per heavy atom. The molecule has 0 spiro atoms. The molecule has 5 heteroatoms. The van der Waals surface area contributed by atoms with E-state index in [2.05, 4.69) is 35.8 Å². The van der Waals surface area contributed by atoms with Crippen LogP contribution >= 0.6 is 11.8 Å². The van der Waals surface area contributed by atoms with E-state index in [0.717, 1.165) is 30.4 Å². The number of nitrogens with zero attached hydrogens (tertiary/aromatic N) is 3. The molecule has 90 valence electrons. The van der Waals surface area contributed by atoms with Crippen molar-refractivity contribution in [2.45, 2.75) is 26.4 Å². The second-order valence-corrected chi connectivity index (χ2v) is 4.90. The summed E-state index contributed by atoms with van der Waals surface area (Å²) >= 11 is 1.88. The third-order valence-corrected chi connectivity index (χ3v) is 3.04. The first-order valence-electron chi connectivity index (χ1n) is 5.53. The zero-order chi connectivity index (χ0) is 11.8. The summed E-state index contributed by atoms with van der Waals surface area (Å²) in [6.07, 6.45) is 3.55. The molecule has 4 nitrogen and oxygen atoms in total. The maximum atomic E-state index is 4.24. The summed E-state index contributed by atoms with van der Waals surface area (Å²) in [6.45, 7) is 9.68. The molecule has 1 aromatic rings. The summed E-state index contributed by atoms with van der Waals surface area (Å²) in [7, 11) is 0. The Balaban J connectivity index is 2.21. The number of aromatic nitrogens is 3. The van der Waals surface area contributed by atoms with Crippen LogP contribution in [0.25, 0.3) is 0 Å². The van der Waals surface area contributed by atoms with Crippen molar-refractivity contribution < 1.29 is 0 Å². The average molecular weight is 240 g/mol. The fraction of sp³-hybridized carbons (Fsp3) is 0.636. The van der Waals surface area contributed by atoms with Crippen molar-refractivity contribution in [3.05, 3.63) is 24.8 Å². The van der Waals surface area contributed by atoms with Gasteiger partial charge in [-0.05, 0) is 13.8 Å². The van der Waals surface area contributed by atoms with Gasteiger partial charge in [-0.25, -0.2) is 9.67 Å². The van der Waals surface area contributed by atoms with Crippen LogP contribution < -0.4 is 5.32 Å². The molecule has 0 unspecified atom stereocenters. The Labute approximate surface area is 102 Å². The maximum absolute atomic E-state index is 4.24. The fourth-order valence-electron chi connectivity index (χ4n) is 1.34. The van der Waals surface area contributed by atoms with Crippen molar-refractivity contribution in [3.63, 3.8) is 0 Å². The lowest BCUT2D eigenvalue weighted by Gasteiger charge is -2.09. The van der Waals surface area contributed by atoms with Gasteiger partial charge in [0.15, 0.2) is 0 Å². The van der Waals surface area contributed by atoms with Gasteiger partial charge >= 0.3 is 0 Å². The molecule has 1 rings (SSSR count). The lowest BCUT2D eigenvalue weighted by atomic mass is 10.4. The van der Waals surface area contributed by atoms with Crippen LogP contribution in [0.5, 0.6) is 0 Å². The summed E-state index contributed by atoms with van der Waals surface area (Å²) in [4.78, 5) is 4.24. The van der Waals surface area contributed by atoms with Gasteiger partial charge in [0.25, 0.3) is 0 Å². The smallest absolute Gasteiger partial charge is 0.141 e. The highest BCUT2D eigenvalue weighted by molar-refractivity contribution is 7.99. The number of thioether (sulfide) groups is 1. The number of rotatable bonds is 8. The van der Waals surface area contributed by atoms with E-state index in [-0.39, 0.29) is 0 Å². The van der Waals surface area contributed by atoms with Crippen LogP contribution in [0.4, 0.5) is 0 Å². The summed E-state index contributed by atoms with van der Waals surface area (Å²) in [5.74, 6) is 3.12. The van der Waals surface area contributed by atoms with Crippen LogP contribution in [0.15, 0.2) is 19.0 Å². The number of hydrogen-bond donors (Lipinski definition) is 1. The van der Waals surface area contributed by atoms with Crippen molar-refractivity contribution in [1.29, 1.82) is 0 Å². The highest BCUT2D eigenvalue weighted by Crippen LogP contribution is 2.04. The molecular weight excluding hydrogens is 220 g/mol. The van der Waals surface area contributed by atoms with E-state index in [0.29, 0.717) is 6.04 Å². The van der Waals surface area contributed by atoms with E-state index in [4.69, 9.17) is 0 Å². The molecule has 0 amide bonds. The molecule has 16 heavy (non-hydrogen) atoms. The van der Waals surface area contributed by atoms with Crippen LogP contribution in [0.3, 0.4) is 0 Å². The molecule has 0 atom stereocenters. The Hall–Kier alpha value is -0.810. The minimum atomic E-state index is 0.370. The Kier molecular flexibility index (Phi) is 6.18. The van der Waals surface area contributed by atoms with Gasteiger partial charge in [-0.1, -0.05) is 6.08 Å². The van der Waals surface area contributed by atoms with Crippen LogP contribution in [-0.4, -0.2) is 32.8 Å². The van der Waals surface area contributed by atoms with Crippen LogP contribution in [0.1, 0.15) is 25.7 Å². The minimum absolute atomic E-state index is 0.370. The van der Waals surface area contributed by atoms with Crippen LogP contribution in [-0.2, 0) is 6.54 Å². The minimum Gasteiger partial charge on any atom is -0.309 e. The van der Waals surface area contributed by atoms with Gasteiger partial charge in [0.05, 0.1) is 6.54 Å². The first kappa shape index (κ1) is 13.3. The van der Waals surface area contributed by atoms with E-state index in [1.807, 2.05) is 22.5 Å². The third kappa shape index (κ3) is 4.37. The monoisotopic (exact) mass is 240 g/mol. The van der Waals surface area contributed by atoms with Gasteiger partial charge in [-0.2, -0.15) is 16.9 Å². The molecule has 0 radical (unpaired) electrons. The lowest BCUT2D eigenvalue weighted by Crippen LogP contribution is -2.20. The largest absolute Gasteiger partial charge is 0.309 e. The summed E-state index contributed by atoms with van der Waals surface area (Å²) in [6, 6.07) is 0.370. The van der Waals surface area contributed by atoms with Crippen molar-refractivity contribution in [3.8, 4) is 0 Å². The van der Waals surface area contributed by atoms with Crippen molar-refractivity contribution >= 4 is 11.8 Å². The zero-order valence-electron chi connectivity index (χ0n) is 10.0. The van der Waals surface area contributed by atoms with Crippen molar-refractivity contribution in [1.82, 2.24) is 20.1 Å². The van der Waals surface area contributed by atoms with E-state index >= 15 is 0 Å². The van der Waals surface area contributed by atoms with Crippen molar-refractivity contribution in [2.24, 2.45) is 0 Å². The molecule has 0 aliphatic carbocycles. The first-order valence-corrected chi connectivity index (χ1v) is 6.69. The molecule has 0 aliphatic heterocycles. The Morgan fingerprint density at radius 2 is 2.44 bits per heavy atom.